The van der Waals surface area contributed by atoms with Crippen LogP contribution in [0, 0.1) is 10.8 Å². The first-order valence-electron chi connectivity index (χ1n) is 7.82. The van der Waals surface area contributed by atoms with Crippen LogP contribution in [0.25, 0.3) is 0 Å². The minimum absolute atomic E-state index is 0.169. The van der Waals surface area contributed by atoms with Crippen LogP contribution in [0.4, 0.5) is 0 Å². The van der Waals surface area contributed by atoms with Gasteiger partial charge in [0.1, 0.15) is 0 Å². The van der Waals surface area contributed by atoms with E-state index in [0.717, 1.165) is 0 Å². The van der Waals surface area contributed by atoms with Crippen LogP contribution >= 0.6 is 0 Å². The lowest BCUT2D eigenvalue weighted by Gasteiger charge is -2.27. The summed E-state index contributed by atoms with van der Waals surface area (Å²) in [5.41, 5.74) is 1.08. The Morgan fingerprint density at radius 3 is 2.11 bits per heavy atom. The molecule has 1 aliphatic rings. The predicted octanol–water partition coefficient (Wildman–Crippen LogP) is 5.58. The quantitative estimate of drug-likeness (QED) is 0.515. The van der Waals surface area contributed by atoms with Gasteiger partial charge >= 0.3 is 0 Å². The number of hydrogen-bond donors (Lipinski definition) is 0. The van der Waals surface area contributed by atoms with Crippen molar-refractivity contribution in [1.82, 2.24) is 0 Å². The molecule has 1 saturated heterocycles. The molecule has 0 amide bonds. The second-order valence-corrected chi connectivity index (χ2v) is 8.07. The maximum absolute atomic E-state index is 6.03. The van der Waals surface area contributed by atoms with E-state index in [0.29, 0.717) is 16.9 Å². The van der Waals surface area contributed by atoms with Gasteiger partial charge in [0.15, 0.2) is 0 Å². The molecule has 1 heterocycles. The van der Waals surface area contributed by atoms with Crippen molar-refractivity contribution in [2.75, 3.05) is 0 Å². The third kappa shape index (κ3) is 4.57. The largest absolute Gasteiger partial charge is 0.366 e. The zero-order valence-electron chi connectivity index (χ0n) is 13.7. The predicted molar refractivity (Wildman–Crippen MR) is 79.9 cm³/mol. The third-order valence-corrected chi connectivity index (χ3v) is 4.83. The normalized spacial score (nSPS) is 28.5. The fourth-order valence-electron chi connectivity index (χ4n) is 3.22. The van der Waals surface area contributed by atoms with Crippen LogP contribution in [0.5, 0.6) is 0 Å². The maximum atomic E-state index is 6.03. The molecule has 108 valence electrons. The minimum Gasteiger partial charge on any atom is -0.366 e. The Bertz CT molecular complexity index is 267. The number of hydrogen-bond acceptors (Lipinski definition) is 1. The number of ether oxygens (including phenoxy) is 1. The summed E-state index contributed by atoms with van der Waals surface area (Å²) < 4.78 is 6.03. The molecule has 1 rings (SSSR count). The van der Waals surface area contributed by atoms with Gasteiger partial charge in [-0.15, -0.1) is 0 Å². The van der Waals surface area contributed by atoms with Crippen LogP contribution in [0.2, 0.25) is 0 Å². The number of rotatable bonds is 8. The summed E-state index contributed by atoms with van der Waals surface area (Å²) >= 11 is 0. The molecule has 1 fully saturated rings. The highest BCUT2D eigenvalue weighted by atomic mass is 16.6. The highest BCUT2D eigenvalue weighted by Gasteiger charge is 2.53. The van der Waals surface area contributed by atoms with Gasteiger partial charge in [-0.2, -0.15) is 0 Å². The van der Waals surface area contributed by atoms with E-state index in [2.05, 4.69) is 48.5 Å². The maximum Gasteiger partial charge on any atom is 0.0925 e. The van der Waals surface area contributed by atoms with Gasteiger partial charge in [0, 0.05) is 0 Å². The molecule has 0 aromatic heterocycles. The second kappa shape index (κ2) is 5.53. The van der Waals surface area contributed by atoms with Gasteiger partial charge in [-0.1, -0.05) is 54.4 Å². The van der Waals surface area contributed by atoms with E-state index >= 15 is 0 Å². The van der Waals surface area contributed by atoms with Crippen LogP contribution in [-0.4, -0.2) is 11.7 Å². The molecule has 1 aliphatic heterocycles. The van der Waals surface area contributed by atoms with E-state index in [4.69, 9.17) is 4.74 Å². The molecule has 18 heavy (non-hydrogen) atoms. The van der Waals surface area contributed by atoms with Gasteiger partial charge in [0.05, 0.1) is 11.7 Å². The van der Waals surface area contributed by atoms with Crippen LogP contribution in [0.15, 0.2) is 0 Å². The Balaban J connectivity index is 2.38. The molecule has 0 aliphatic carbocycles. The lowest BCUT2D eigenvalue weighted by atomic mass is 9.77. The van der Waals surface area contributed by atoms with Gasteiger partial charge in [-0.05, 0) is 43.4 Å². The molecule has 1 nitrogen and oxygen atoms in total. The van der Waals surface area contributed by atoms with Crippen molar-refractivity contribution in [2.45, 2.75) is 98.7 Å². The van der Waals surface area contributed by atoms with Crippen LogP contribution in [-0.2, 0) is 4.74 Å². The number of epoxide rings is 1. The average Bonchev–Trinajstić information content (AvgIpc) is 2.85. The Kier molecular flexibility index (Phi) is 4.92. The molecule has 2 unspecified atom stereocenters. The van der Waals surface area contributed by atoms with Crippen molar-refractivity contribution in [3.05, 3.63) is 0 Å². The van der Waals surface area contributed by atoms with Crippen molar-refractivity contribution < 1.29 is 4.74 Å². The summed E-state index contributed by atoms with van der Waals surface area (Å²) in [5.74, 6) is 0. The van der Waals surface area contributed by atoms with Crippen molar-refractivity contribution in [3.8, 4) is 0 Å². The lowest BCUT2D eigenvalue weighted by Crippen LogP contribution is -2.23. The van der Waals surface area contributed by atoms with E-state index in [9.17, 15) is 0 Å². The smallest absolute Gasteiger partial charge is 0.0925 e. The molecule has 0 aromatic carbocycles. The Hall–Kier alpha value is -0.0400. The average molecular weight is 254 g/mol. The van der Waals surface area contributed by atoms with Gasteiger partial charge in [-0.3, -0.25) is 0 Å². The van der Waals surface area contributed by atoms with Crippen LogP contribution in [0.3, 0.4) is 0 Å². The Morgan fingerprint density at radius 2 is 1.61 bits per heavy atom. The lowest BCUT2D eigenvalue weighted by molar-refractivity contribution is 0.200. The first-order chi connectivity index (χ1) is 8.14. The fourth-order valence-corrected chi connectivity index (χ4v) is 3.22. The Labute approximate surface area is 115 Å². The van der Waals surface area contributed by atoms with Crippen molar-refractivity contribution in [3.63, 3.8) is 0 Å². The summed E-state index contributed by atoms with van der Waals surface area (Å²) in [6.45, 7) is 16.4. The van der Waals surface area contributed by atoms with E-state index in [1.807, 2.05) is 0 Å². The van der Waals surface area contributed by atoms with Gasteiger partial charge in [-0.25, -0.2) is 0 Å². The topological polar surface area (TPSA) is 12.5 Å². The van der Waals surface area contributed by atoms with Crippen molar-refractivity contribution in [1.29, 1.82) is 0 Å². The highest BCUT2D eigenvalue weighted by Crippen LogP contribution is 2.49. The molecular formula is C17H34O. The summed E-state index contributed by atoms with van der Waals surface area (Å²) in [4.78, 5) is 0. The second-order valence-electron chi connectivity index (χ2n) is 8.07. The van der Waals surface area contributed by atoms with Gasteiger partial charge in [0.25, 0.3) is 0 Å². The van der Waals surface area contributed by atoms with E-state index < -0.39 is 0 Å². The summed E-state index contributed by atoms with van der Waals surface area (Å²) in [5, 5.41) is 0. The Morgan fingerprint density at radius 1 is 1.00 bits per heavy atom. The highest BCUT2D eigenvalue weighted by molar-refractivity contribution is 5.02. The third-order valence-electron chi connectivity index (χ3n) is 4.83. The molecule has 0 saturated carbocycles. The van der Waals surface area contributed by atoms with Gasteiger partial charge < -0.3 is 4.74 Å². The monoisotopic (exact) mass is 254 g/mol. The summed E-state index contributed by atoms with van der Waals surface area (Å²) in [7, 11) is 0. The summed E-state index contributed by atoms with van der Waals surface area (Å²) in [6, 6.07) is 0. The van der Waals surface area contributed by atoms with Crippen LogP contribution < -0.4 is 0 Å². The van der Waals surface area contributed by atoms with E-state index in [-0.39, 0.29) is 5.60 Å². The molecule has 0 N–H and O–H groups in total. The molecule has 0 spiro atoms. The van der Waals surface area contributed by atoms with Crippen molar-refractivity contribution in [2.24, 2.45) is 10.8 Å². The zero-order chi connectivity index (χ0) is 14.0. The first kappa shape index (κ1) is 16.0. The van der Waals surface area contributed by atoms with Crippen LogP contribution in [0.1, 0.15) is 87.0 Å². The standard InChI is InChI=1S/C17H34O/c1-8-11-16(5,6)13-17(7)14(18-17)10-12-15(3,4)9-2/h14H,8-13H2,1-7H3. The van der Waals surface area contributed by atoms with E-state index in [1.165, 1.54) is 38.5 Å². The molecule has 2 atom stereocenters. The SMILES string of the molecule is CCCC(C)(C)CC1(C)OC1CCC(C)(C)CC. The first-order valence-corrected chi connectivity index (χ1v) is 7.82. The fraction of sp³-hybridized carbons (Fsp3) is 1.00. The summed E-state index contributed by atoms with van der Waals surface area (Å²) in [6.07, 6.45) is 8.09. The van der Waals surface area contributed by atoms with E-state index in [1.54, 1.807) is 0 Å². The molecular weight excluding hydrogens is 220 g/mol. The van der Waals surface area contributed by atoms with Crippen molar-refractivity contribution >= 4 is 0 Å². The molecule has 0 bridgehead atoms. The molecule has 1 heteroatoms. The zero-order valence-corrected chi connectivity index (χ0v) is 13.7. The molecule has 0 radical (unpaired) electrons. The minimum atomic E-state index is 0.169. The molecule has 0 aromatic rings. The van der Waals surface area contributed by atoms with Gasteiger partial charge in [0.2, 0.25) is 0 Å².